The summed E-state index contributed by atoms with van der Waals surface area (Å²) in [6.07, 6.45) is 5.51. The molecule has 1 aliphatic rings. The molecule has 1 aromatic rings. The van der Waals surface area contributed by atoms with Gasteiger partial charge >= 0.3 is 0 Å². The lowest BCUT2D eigenvalue weighted by atomic mass is 10.0. The van der Waals surface area contributed by atoms with Crippen molar-refractivity contribution in [3.63, 3.8) is 0 Å². The Morgan fingerprint density at radius 1 is 1.59 bits per heavy atom. The van der Waals surface area contributed by atoms with Crippen LogP contribution in [0, 0.1) is 0 Å². The number of rotatable bonds is 4. The molecule has 2 N–H and O–H groups in total. The van der Waals surface area contributed by atoms with E-state index in [2.05, 4.69) is 9.88 Å². The predicted molar refractivity (Wildman–Crippen MR) is 70.1 cm³/mol. The lowest BCUT2D eigenvalue weighted by Gasteiger charge is -2.32. The molecule has 4 nitrogen and oxygen atoms in total. The number of methoxy groups -OCH3 is 1. The van der Waals surface area contributed by atoms with E-state index in [0.29, 0.717) is 6.04 Å². The molecule has 2 atom stereocenters. The highest BCUT2D eigenvalue weighted by atomic mass is 32.1. The quantitative estimate of drug-likeness (QED) is 0.888. The third-order valence-corrected chi connectivity index (χ3v) is 4.20. The first-order chi connectivity index (χ1) is 8.33. The zero-order chi connectivity index (χ0) is 12.1. The molecule has 17 heavy (non-hydrogen) atoms. The van der Waals surface area contributed by atoms with Gasteiger partial charge in [0, 0.05) is 30.8 Å². The van der Waals surface area contributed by atoms with Crippen molar-refractivity contribution in [1.29, 1.82) is 0 Å². The van der Waals surface area contributed by atoms with Crippen LogP contribution >= 0.6 is 11.3 Å². The first kappa shape index (κ1) is 13.0. The second-order valence-electron chi connectivity index (χ2n) is 4.54. The standard InChI is InChI=1S/C12H21N3OS/c1-16-7-6-15-5-3-2-4-10(13)12(15)11-8-14-9-17-11/h8-10,12H,2-7,13H2,1H3. The first-order valence-electron chi connectivity index (χ1n) is 6.20. The summed E-state index contributed by atoms with van der Waals surface area (Å²) >= 11 is 1.71. The first-order valence-corrected chi connectivity index (χ1v) is 7.08. The molecule has 1 saturated heterocycles. The molecule has 5 heteroatoms. The fraction of sp³-hybridized carbons (Fsp3) is 0.750. The van der Waals surface area contributed by atoms with E-state index in [-0.39, 0.29) is 6.04 Å². The summed E-state index contributed by atoms with van der Waals surface area (Å²) < 4.78 is 5.19. The SMILES string of the molecule is COCCN1CCCCC(N)C1c1cncs1. The molecule has 0 aliphatic carbocycles. The molecule has 2 unspecified atom stereocenters. The molecule has 0 amide bonds. The number of nitrogens with two attached hydrogens (primary N) is 1. The molecule has 96 valence electrons. The smallest absolute Gasteiger partial charge is 0.0794 e. The molecule has 1 aromatic heterocycles. The van der Waals surface area contributed by atoms with Gasteiger partial charge in [-0.2, -0.15) is 0 Å². The van der Waals surface area contributed by atoms with Crippen LogP contribution in [0.25, 0.3) is 0 Å². The van der Waals surface area contributed by atoms with E-state index in [1.165, 1.54) is 17.7 Å². The minimum atomic E-state index is 0.217. The maximum absolute atomic E-state index is 6.33. The summed E-state index contributed by atoms with van der Waals surface area (Å²) in [5, 5.41) is 0. The van der Waals surface area contributed by atoms with Crippen LogP contribution in [0.2, 0.25) is 0 Å². The van der Waals surface area contributed by atoms with Crippen LogP contribution in [-0.2, 0) is 4.74 Å². The maximum Gasteiger partial charge on any atom is 0.0794 e. The van der Waals surface area contributed by atoms with Gasteiger partial charge in [0.1, 0.15) is 0 Å². The Balaban J connectivity index is 2.13. The van der Waals surface area contributed by atoms with E-state index in [9.17, 15) is 0 Å². The van der Waals surface area contributed by atoms with Gasteiger partial charge < -0.3 is 10.5 Å². The summed E-state index contributed by atoms with van der Waals surface area (Å²) in [4.78, 5) is 7.92. The Kier molecular flexibility index (Phi) is 4.91. The van der Waals surface area contributed by atoms with Crippen LogP contribution in [0.4, 0.5) is 0 Å². The van der Waals surface area contributed by atoms with Gasteiger partial charge in [0.25, 0.3) is 0 Å². The van der Waals surface area contributed by atoms with Crippen molar-refractivity contribution in [3.05, 3.63) is 16.6 Å². The van der Waals surface area contributed by atoms with Gasteiger partial charge in [-0.1, -0.05) is 6.42 Å². The highest BCUT2D eigenvalue weighted by Crippen LogP contribution is 2.31. The molecular weight excluding hydrogens is 234 g/mol. The van der Waals surface area contributed by atoms with Gasteiger partial charge in [-0.3, -0.25) is 9.88 Å². The minimum absolute atomic E-state index is 0.217. The highest BCUT2D eigenvalue weighted by Gasteiger charge is 2.29. The van der Waals surface area contributed by atoms with Crippen LogP contribution in [-0.4, -0.2) is 42.7 Å². The number of ether oxygens (including phenoxy) is 1. The number of thiazole rings is 1. The number of nitrogens with zero attached hydrogens (tertiary/aromatic N) is 2. The Morgan fingerprint density at radius 2 is 2.47 bits per heavy atom. The topological polar surface area (TPSA) is 51.4 Å². The summed E-state index contributed by atoms with van der Waals surface area (Å²) in [5.74, 6) is 0. The maximum atomic E-state index is 6.33. The summed E-state index contributed by atoms with van der Waals surface area (Å²) in [5.41, 5.74) is 8.22. The Hall–Kier alpha value is -0.490. The average Bonchev–Trinajstić information content (AvgIpc) is 2.78. The molecule has 2 heterocycles. The summed E-state index contributed by atoms with van der Waals surface area (Å²) in [6, 6.07) is 0.537. The lowest BCUT2D eigenvalue weighted by molar-refractivity contribution is 0.116. The second-order valence-corrected chi connectivity index (χ2v) is 5.45. The van der Waals surface area contributed by atoms with E-state index >= 15 is 0 Å². The average molecular weight is 255 g/mol. The van der Waals surface area contributed by atoms with Gasteiger partial charge in [-0.15, -0.1) is 11.3 Å². The van der Waals surface area contributed by atoms with Crippen LogP contribution in [0.5, 0.6) is 0 Å². The van der Waals surface area contributed by atoms with Crippen LogP contribution in [0.1, 0.15) is 30.2 Å². The largest absolute Gasteiger partial charge is 0.383 e. The van der Waals surface area contributed by atoms with Crippen molar-refractivity contribution < 1.29 is 4.74 Å². The summed E-state index contributed by atoms with van der Waals surface area (Å²) in [6.45, 7) is 2.83. The molecule has 0 bridgehead atoms. The van der Waals surface area contributed by atoms with Gasteiger partial charge in [-0.05, 0) is 19.4 Å². The third kappa shape index (κ3) is 3.25. The van der Waals surface area contributed by atoms with Crippen LogP contribution < -0.4 is 5.73 Å². The molecule has 0 saturated carbocycles. The highest BCUT2D eigenvalue weighted by molar-refractivity contribution is 7.09. The molecule has 1 aliphatic heterocycles. The van der Waals surface area contributed by atoms with Crippen molar-refractivity contribution in [3.8, 4) is 0 Å². The predicted octanol–water partition coefficient (Wildman–Crippen LogP) is 1.64. The van der Waals surface area contributed by atoms with Crippen molar-refractivity contribution in [2.45, 2.75) is 31.3 Å². The van der Waals surface area contributed by atoms with Crippen molar-refractivity contribution in [2.24, 2.45) is 5.73 Å². The van der Waals surface area contributed by atoms with Crippen molar-refractivity contribution in [2.75, 3.05) is 26.8 Å². The third-order valence-electron chi connectivity index (χ3n) is 3.36. The van der Waals surface area contributed by atoms with E-state index in [0.717, 1.165) is 26.1 Å². The Labute approximate surface area is 107 Å². The van der Waals surface area contributed by atoms with Crippen LogP contribution in [0.3, 0.4) is 0 Å². The van der Waals surface area contributed by atoms with Gasteiger partial charge in [0.2, 0.25) is 0 Å². The van der Waals surface area contributed by atoms with E-state index in [1.54, 1.807) is 18.4 Å². The Bertz CT molecular complexity index is 318. The molecule has 0 spiro atoms. The number of likely N-dealkylation sites (tertiary alicyclic amines) is 1. The second kappa shape index (κ2) is 6.44. The number of hydrogen-bond donors (Lipinski definition) is 1. The monoisotopic (exact) mass is 255 g/mol. The van der Waals surface area contributed by atoms with Gasteiger partial charge in [0.05, 0.1) is 18.2 Å². The van der Waals surface area contributed by atoms with E-state index < -0.39 is 0 Å². The van der Waals surface area contributed by atoms with E-state index in [1.807, 2.05) is 11.7 Å². The van der Waals surface area contributed by atoms with Crippen molar-refractivity contribution in [1.82, 2.24) is 9.88 Å². The fourth-order valence-corrected chi connectivity index (χ4v) is 3.31. The number of hydrogen-bond acceptors (Lipinski definition) is 5. The molecular formula is C12H21N3OS. The van der Waals surface area contributed by atoms with Gasteiger partial charge in [0.15, 0.2) is 0 Å². The van der Waals surface area contributed by atoms with Crippen LogP contribution in [0.15, 0.2) is 11.7 Å². The van der Waals surface area contributed by atoms with Crippen molar-refractivity contribution >= 4 is 11.3 Å². The molecule has 0 radical (unpaired) electrons. The molecule has 1 fully saturated rings. The van der Waals surface area contributed by atoms with Gasteiger partial charge in [-0.25, -0.2) is 0 Å². The normalized spacial score (nSPS) is 26.9. The fourth-order valence-electron chi connectivity index (χ4n) is 2.48. The number of aromatic nitrogens is 1. The zero-order valence-electron chi connectivity index (χ0n) is 10.3. The minimum Gasteiger partial charge on any atom is -0.383 e. The zero-order valence-corrected chi connectivity index (χ0v) is 11.2. The molecule has 0 aromatic carbocycles. The summed E-state index contributed by atoms with van der Waals surface area (Å²) in [7, 11) is 1.75. The lowest BCUT2D eigenvalue weighted by Crippen LogP contribution is -2.40. The molecule has 2 rings (SSSR count). The Morgan fingerprint density at radius 3 is 3.18 bits per heavy atom. The van der Waals surface area contributed by atoms with E-state index in [4.69, 9.17) is 10.5 Å².